The lowest BCUT2D eigenvalue weighted by Gasteiger charge is -2.07. The molecule has 0 spiro atoms. The van der Waals surface area contributed by atoms with Gasteiger partial charge in [0.25, 0.3) is 0 Å². The fraction of sp³-hybridized carbons (Fsp3) is 0.222. The van der Waals surface area contributed by atoms with Crippen molar-refractivity contribution in [1.29, 1.82) is 0 Å². The van der Waals surface area contributed by atoms with E-state index in [0.29, 0.717) is 19.4 Å². The molecule has 0 radical (unpaired) electrons. The van der Waals surface area contributed by atoms with E-state index < -0.39 is 21.8 Å². The van der Waals surface area contributed by atoms with Crippen molar-refractivity contribution in [3.05, 3.63) is 65.7 Å². The molecule has 2 rings (SSSR count). The van der Waals surface area contributed by atoms with Gasteiger partial charge in [-0.2, -0.15) is 0 Å². The zero-order valence-corrected chi connectivity index (χ0v) is 15.0. The predicted molar refractivity (Wildman–Crippen MR) is 97.7 cm³/mol. The molecule has 0 heterocycles. The molecule has 8 heteroatoms. The Labute approximate surface area is 152 Å². The molecule has 0 aliphatic heterocycles. The molecular weight excluding hydrogens is 354 g/mol. The van der Waals surface area contributed by atoms with Crippen molar-refractivity contribution in [3.8, 4) is 0 Å². The molecule has 2 amide bonds. The van der Waals surface area contributed by atoms with Gasteiger partial charge in [0.1, 0.15) is 0 Å². The first-order valence-corrected chi connectivity index (χ1v) is 9.62. The van der Waals surface area contributed by atoms with Crippen molar-refractivity contribution in [3.63, 3.8) is 0 Å². The van der Waals surface area contributed by atoms with Gasteiger partial charge < -0.3 is 10.6 Å². The molecule has 0 fully saturated rings. The molecule has 2 aromatic carbocycles. The van der Waals surface area contributed by atoms with Crippen molar-refractivity contribution in [1.82, 2.24) is 10.6 Å². The van der Waals surface area contributed by atoms with E-state index in [1.54, 1.807) is 12.1 Å². The van der Waals surface area contributed by atoms with Crippen molar-refractivity contribution < 1.29 is 18.0 Å². The summed E-state index contributed by atoms with van der Waals surface area (Å²) in [5, 5.41) is 10.1. The van der Waals surface area contributed by atoms with Crippen LogP contribution in [0.5, 0.6) is 0 Å². The highest BCUT2D eigenvalue weighted by molar-refractivity contribution is 7.89. The number of hydrogen-bond acceptors (Lipinski definition) is 4. The zero-order valence-electron chi connectivity index (χ0n) is 14.1. The fourth-order valence-electron chi connectivity index (χ4n) is 2.29. The Hall–Kier alpha value is -2.71. The molecule has 0 aliphatic carbocycles. The lowest BCUT2D eigenvalue weighted by molar-refractivity contribution is -0.139. The van der Waals surface area contributed by atoms with Crippen LogP contribution in [0.25, 0.3) is 0 Å². The smallest absolute Gasteiger partial charge is 0.309 e. The number of carbonyl (C=O) groups excluding carboxylic acids is 2. The highest BCUT2D eigenvalue weighted by atomic mass is 32.2. The molecule has 4 N–H and O–H groups in total. The van der Waals surface area contributed by atoms with Crippen LogP contribution in [0.3, 0.4) is 0 Å². The normalized spacial score (nSPS) is 11.0. The second-order valence-corrected chi connectivity index (χ2v) is 7.25. The quantitative estimate of drug-likeness (QED) is 0.605. The van der Waals surface area contributed by atoms with Crippen LogP contribution in [0.2, 0.25) is 0 Å². The minimum Gasteiger partial charge on any atom is -0.348 e. The highest BCUT2D eigenvalue weighted by Crippen LogP contribution is 2.08. The largest absolute Gasteiger partial charge is 0.348 e. The first-order valence-electron chi connectivity index (χ1n) is 8.08. The van der Waals surface area contributed by atoms with Crippen LogP contribution in [0, 0.1) is 0 Å². The Morgan fingerprint density at radius 3 is 1.69 bits per heavy atom. The summed E-state index contributed by atoms with van der Waals surface area (Å²) < 4.78 is 22.4. The van der Waals surface area contributed by atoms with Crippen molar-refractivity contribution >= 4 is 21.8 Å². The van der Waals surface area contributed by atoms with Gasteiger partial charge in [-0.1, -0.05) is 42.5 Å². The molecule has 0 saturated heterocycles. The van der Waals surface area contributed by atoms with Crippen LogP contribution in [0.4, 0.5) is 0 Å². The van der Waals surface area contributed by atoms with E-state index in [9.17, 15) is 18.0 Å². The van der Waals surface area contributed by atoms with Gasteiger partial charge >= 0.3 is 11.8 Å². The van der Waals surface area contributed by atoms with Crippen molar-refractivity contribution in [2.45, 2.75) is 17.7 Å². The minimum absolute atomic E-state index is 0.0306. The molecule has 0 aliphatic rings. The fourth-order valence-corrected chi connectivity index (χ4v) is 2.81. The highest BCUT2D eigenvalue weighted by Gasteiger charge is 2.12. The van der Waals surface area contributed by atoms with E-state index in [0.717, 1.165) is 11.1 Å². The molecular formula is C18H21N3O4S. The van der Waals surface area contributed by atoms with Crippen LogP contribution in [0.1, 0.15) is 11.1 Å². The number of benzene rings is 2. The second-order valence-electron chi connectivity index (χ2n) is 5.69. The molecule has 0 saturated carbocycles. The number of sulfonamides is 1. The van der Waals surface area contributed by atoms with Crippen molar-refractivity contribution in [2.75, 3.05) is 13.1 Å². The number of hydrogen-bond donors (Lipinski definition) is 3. The topological polar surface area (TPSA) is 118 Å². The van der Waals surface area contributed by atoms with Crippen LogP contribution in [-0.4, -0.2) is 33.3 Å². The summed E-state index contributed by atoms with van der Waals surface area (Å²) in [4.78, 5) is 23.5. The van der Waals surface area contributed by atoms with Gasteiger partial charge in [0.15, 0.2) is 0 Å². The molecule has 7 nitrogen and oxygen atoms in total. The Morgan fingerprint density at radius 1 is 0.769 bits per heavy atom. The van der Waals surface area contributed by atoms with Crippen LogP contribution in [-0.2, 0) is 32.5 Å². The summed E-state index contributed by atoms with van der Waals surface area (Å²) >= 11 is 0. The molecule has 0 bridgehead atoms. The maximum atomic E-state index is 11.7. The van der Waals surface area contributed by atoms with Gasteiger partial charge in [-0.15, -0.1) is 0 Å². The number of amides is 2. The van der Waals surface area contributed by atoms with Gasteiger partial charge in [0.2, 0.25) is 10.0 Å². The van der Waals surface area contributed by atoms with E-state index >= 15 is 0 Å². The first-order chi connectivity index (χ1) is 12.4. The molecule has 0 unspecified atom stereocenters. The van der Waals surface area contributed by atoms with Crippen LogP contribution >= 0.6 is 0 Å². The summed E-state index contributed by atoms with van der Waals surface area (Å²) in [5.74, 6) is -1.37. The zero-order chi connectivity index (χ0) is 19.0. The Bertz CT molecular complexity index is 850. The van der Waals surface area contributed by atoms with Gasteiger partial charge in [-0.05, 0) is 36.1 Å². The third-order valence-electron chi connectivity index (χ3n) is 3.70. The molecule has 2 aromatic rings. The van der Waals surface area contributed by atoms with Gasteiger partial charge in [0.05, 0.1) is 4.90 Å². The number of carbonyl (C=O) groups is 2. The summed E-state index contributed by atoms with van der Waals surface area (Å²) in [6.45, 7) is 0.644. The Kier molecular flexibility index (Phi) is 6.88. The maximum Gasteiger partial charge on any atom is 0.309 e. The molecule has 138 valence electrons. The van der Waals surface area contributed by atoms with E-state index in [1.807, 2.05) is 30.3 Å². The Balaban J connectivity index is 1.70. The Morgan fingerprint density at radius 2 is 1.23 bits per heavy atom. The van der Waals surface area contributed by atoms with Gasteiger partial charge in [0, 0.05) is 13.1 Å². The second kappa shape index (κ2) is 9.12. The number of nitrogens with one attached hydrogen (secondary N) is 2. The summed E-state index contributed by atoms with van der Waals surface area (Å²) in [6.07, 6.45) is 1.12. The predicted octanol–water partition coefficient (Wildman–Crippen LogP) is 0.352. The molecule has 26 heavy (non-hydrogen) atoms. The van der Waals surface area contributed by atoms with Gasteiger partial charge in [-0.3, -0.25) is 9.59 Å². The van der Waals surface area contributed by atoms with Crippen LogP contribution < -0.4 is 15.8 Å². The summed E-state index contributed by atoms with van der Waals surface area (Å²) in [7, 11) is -3.72. The molecule has 0 atom stereocenters. The summed E-state index contributed by atoms with van der Waals surface area (Å²) in [5.41, 5.74) is 1.90. The standard InChI is InChI=1S/C18H21N3O4S/c19-26(24,25)16-8-6-15(7-9-16)11-13-21-18(23)17(22)20-12-10-14-4-2-1-3-5-14/h1-9H,10-13H2,(H,20,22)(H,21,23)(H2,19,24,25). The monoisotopic (exact) mass is 375 g/mol. The summed E-state index contributed by atoms with van der Waals surface area (Å²) in [6, 6.07) is 15.7. The lowest BCUT2D eigenvalue weighted by Crippen LogP contribution is -2.41. The third-order valence-corrected chi connectivity index (χ3v) is 4.63. The molecule has 0 aromatic heterocycles. The van der Waals surface area contributed by atoms with Gasteiger partial charge in [-0.25, -0.2) is 13.6 Å². The van der Waals surface area contributed by atoms with E-state index in [-0.39, 0.29) is 11.4 Å². The van der Waals surface area contributed by atoms with Crippen molar-refractivity contribution in [2.24, 2.45) is 5.14 Å². The average Bonchev–Trinajstić information content (AvgIpc) is 2.62. The SMILES string of the molecule is NS(=O)(=O)c1ccc(CCNC(=O)C(=O)NCCc2ccccc2)cc1. The minimum atomic E-state index is -3.72. The first kappa shape index (κ1) is 19.6. The number of nitrogens with two attached hydrogens (primary N) is 1. The van der Waals surface area contributed by atoms with E-state index in [4.69, 9.17) is 5.14 Å². The van der Waals surface area contributed by atoms with E-state index in [2.05, 4.69) is 10.6 Å². The van der Waals surface area contributed by atoms with E-state index in [1.165, 1.54) is 12.1 Å². The number of rotatable bonds is 7. The average molecular weight is 375 g/mol. The maximum absolute atomic E-state index is 11.7. The third kappa shape index (κ3) is 6.30. The number of primary sulfonamides is 1. The van der Waals surface area contributed by atoms with Crippen LogP contribution in [0.15, 0.2) is 59.5 Å². The lowest BCUT2D eigenvalue weighted by atomic mass is 10.1.